The molecular formula is C12H19NO2. The summed E-state index contributed by atoms with van der Waals surface area (Å²) in [5, 5.41) is 3.39. The summed E-state index contributed by atoms with van der Waals surface area (Å²) in [6, 6.07) is 4.15. The molecule has 3 heteroatoms. The molecule has 1 heterocycles. The molecule has 3 nitrogen and oxygen atoms in total. The van der Waals surface area contributed by atoms with Crippen molar-refractivity contribution in [2.45, 2.75) is 19.3 Å². The van der Waals surface area contributed by atoms with Crippen LogP contribution >= 0.6 is 0 Å². The molecule has 15 heavy (non-hydrogen) atoms. The van der Waals surface area contributed by atoms with Crippen molar-refractivity contribution in [2.24, 2.45) is 5.92 Å². The molecule has 0 radical (unpaired) electrons. The van der Waals surface area contributed by atoms with Gasteiger partial charge in [-0.15, -0.1) is 0 Å². The van der Waals surface area contributed by atoms with Crippen molar-refractivity contribution in [3.63, 3.8) is 0 Å². The molecule has 2 unspecified atom stereocenters. The quantitative estimate of drug-likeness (QED) is 0.727. The fourth-order valence-electron chi connectivity index (χ4n) is 1.94. The number of furan rings is 1. The van der Waals surface area contributed by atoms with Crippen LogP contribution in [0, 0.1) is 12.8 Å². The minimum absolute atomic E-state index is 0.647. The molecule has 1 aromatic rings. The van der Waals surface area contributed by atoms with E-state index < -0.39 is 0 Å². The minimum atomic E-state index is 0.647. The predicted octanol–water partition coefficient (Wildman–Crippen LogP) is 1.93. The van der Waals surface area contributed by atoms with Crippen molar-refractivity contribution >= 4 is 0 Å². The van der Waals surface area contributed by atoms with Gasteiger partial charge in [0.1, 0.15) is 11.5 Å². The number of nitrogens with one attached hydrogen (secondary N) is 1. The Bertz CT molecular complexity index is 308. The molecule has 1 N–H and O–H groups in total. The third-order valence-corrected chi connectivity index (χ3v) is 2.94. The standard InChI is InChI=1S/C12H19NO2/c1-9-3-4-12(15-9)11-7-10(11)8-13-5-6-14-2/h3-4,10-11,13H,5-8H2,1-2H3. The molecule has 0 saturated heterocycles. The number of methoxy groups -OCH3 is 1. The van der Waals surface area contributed by atoms with E-state index in [0.717, 1.165) is 37.1 Å². The van der Waals surface area contributed by atoms with Gasteiger partial charge in [0.2, 0.25) is 0 Å². The predicted molar refractivity (Wildman–Crippen MR) is 59.0 cm³/mol. The summed E-state index contributed by atoms with van der Waals surface area (Å²) in [4.78, 5) is 0. The highest BCUT2D eigenvalue weighted by Gasteiger charge is 2.39. The zero-order valence-electron chi connectivity index (χ0n) is 9.45. The maximum atomic E-state index is 5.61. The lowest BCUT2D eigenvalue weighted by Crippen LogP contribution is -2.21. The first-order chi connectivity index (χ1) is 7.31. The van der Waals surface area contributed by atoms with E-state index in [9.17, 15) is 0 Å². The van der Waals surface area contributed by atoms with Gasteiger partial charge < -0.3 is 14.5 Å². The van der Waals surface area contributed by atoms with Crippen molar-refractivity contribution < 1.29 is 9.15 Å². The van der Waals surface area contributed by atoms with Crippen LogP contribution in [-0.2, 0) is 4.74 Å². The van der Waals surface area contributed by atoms with Crippen LogP contribution in [0.4, 0.5) is 0 Å². The molecule has 2 rings (SSSR count). The van der Waals surface area contributed by atoms with E-state index in [1.54, 1.807) is 7.11 Å². The van der Waals surface area contributed by atoms with Gasteiger partial charge in [0.05, 0.1) is 6.61 Å². The molecule has 1 aliphatic carbocycles. The number of hydrogen-bond acceptors (Lipinski definition) is 3. The summed E-state index contributed by atoms with van der Waals surface area (Å²) in [7, 11) is 1.73. The van der Waals surface area contributed by atoms with Crippen LogP contribution in [0.25, 0.3) is 0 Å². The zero-order chi connectivity index (χ0) is 10.7. The molecule has 0 aliphatic heterocycles. The van der Waals surface area contributed by atoms with Gasteiger partial charge in [-0.3, -0.25) is 0 Å². The van der Waals surface area contributed by atoms with Crippen molar-refractivity contribution in [2.75, 3.05) is 26.8 Å². The maximum Gasteiger partial charge on any atom is 0.107 e. The molecule has 0 spiro atoms. The van der Waals surface area contributed by atoms with Crippen molar-refractivity contribution in [1.29, 1.82) is 0 Å². The van der Waals surface area contributed by atoms with Crippen LogP contribution in [0.3, 0.4) is 0 Å². The van der Waals surface area contributed by atoms with Crippen LogP contribution in [0.15, 0.2) is 16.5 Å². The van der Waals surface area contributed by atoms with Crippen LogP contribution in [-0.4, -0.2) is 26.8 Å². The maximum absolute atomic E-state index is 5.61. The molecule has 1 fully saturated rings. The fourth-order valence-corrected chi connectivity index (χ4v) is 1.94. The Kier molecular flexibility index (Phi) is 3.44. The summed E-state index contributed by atoms with van der Waals surface area (Å²) < 4.78 is 10.6. The van der Waals surface area contributed by atoms with Gasteiger partial charge in [-0.05, 0) is 37.9 Å². The van der Waals surface area contributed by atoms with E-state index in [1.165, 1.54) is 6.42 Å². The van der Waals surface area contributed by atoms with Gasteiger partial charge in [0.25, 0.3) is 0 Å². The van der Waals surface area contributed by atoms with Gasteiger partial charge in [-0.25, -0.2) is 0 Å². The first kappa shape index (κ1) is 10.7. The van der Waals surface area contributed by atoms with Crippen LogP contribution in [0.5, 0.6) is 0 Å². The highest BCUT2D eigenvalue weighted by atomic mass is 16.5. The Morgan fingerprint density at radius 3 is 3.07 bits per heavy atom. The first-order valence-corrected chi connectivity index (χ1v) is 5.57. The lowest BCUT2D eigenvalue weighted by Gasteiger charge is -2.02. The highest BCUT2D eigenvalue weighted by molar-refractivity contribution is 5.18. The Balaban J connectivity index is 1.68. The van der Waals surface area contributed by atoms with Gasteiger partial charge >= 0.3 is 0 Å². The van der Waals surface area contributed by atoms with Gasteiger partial charge in [-0.2, -0.15) is 0 Å². The third-order valence-electron chi connectivity index (χ3n) is 2.94. The van der Waals surface area contributed by atoms with E-state index in [1.807, 2.05) is 13.0 Å². The third kappa shape index (κ3) is 2.83. The molecule has 1 aromatic heterocycles. The summed E-state index contributed by atoms with van der Waals surface area (Å²) in [6.07, 6.45) is 1.26. The monoisotopic (exact) mass is 209 g/mol. The zero-order valence-corrected chi connectivity index (χ0v) is 9.45. The van der Waals surface area contributed by atoms with Gasteiger partial charge in [0.15, 0.2) is 0 Å². The SMILES string of the molecule is COCCNCC1CC1c1ccc(C)o1. The number of ether oxygens (including phenoxy) is 1. The van der Waals surface area contributed by atoms with Crippen LogP contribution < -0.4 is 5.32 Å². The topological polar surface area (TPSA) is 34.4 Å². The van der Waals surface area contributed by atoms with Gasteiger partial charge in [-0.1, -0.05) is 0 Å². The fraction of sp³-hybridized carbons (Fsp3) is 0.667. The second kappa shape index (κ2) is 4.81. The van der Waals surface area contributed by atoms with E-state index in [4.69, 9.17) is 9.15 Å². The second-order valence-corrected chi connectivity index (χ2v) is 4.25. The van der Waals surface area contributed by atoms with E-state index in [0.29, 0.717) is 5.92 Å². The lowest BCUT2D eigenvalue weighted by atomic mass is 10.2. The van der Waals surface area contributed by atoms with Crippen LogP contribution in [0.2, 0.25) is 0 Å². The molecule has 0 amide bonds. The highest BCUT2D eigenvalue weighted by Crippen LogP contribution is 2.47. The summed E-state index contributed by atoms with van der Waals surface area (Å²) >= 11 is 0. The lowest BCUT2D eigenvalue weighted by molar-refractivity contribution is 0.199. The first-order valence-electron chi connectivity index (χ1n) is 5.57. The largest absolute Gasteiger partial charge is 0.466 e. The van der Waals surface area contributed by atoms with Crippen molar-refractivity contribution in [3.8, 4) is 0 Å². The van der Waals surface area contributed by atoms with E-state index in [2.05, 4.69) is 11.4 Å². The Labute approximate surface area is 90.8 Å². The molecule has 1 aliphatic rings. The average molecular weight is 209 g/mol. The molecule has 0 aromatic carbocycles. The smallest absolute Gasteiger partial charge is 0.107 e. The summed E-state index contributed by atoms with van der Waals surface area (Å²) in [5.41, 5.74) is 0. The van der Waals surface area contributed by atoms with E-state index in [-0.39, 0.29) is 0 Å². The Morgan fingerprint density at radius 1 is 1.53 bits per heavy atom. The Morgan fingerprint density at radius 2 is 2.40 bits per heavy atom. The average Bonchev–Trinajstić information content (AvgIpc) is 2.88. The number of rotatable bonds is 6. The normalized spacial score (nSPS) is 24.4. The summed E-state index contributed by atoms with van der Waals surface area (Å²) in [5.74, 6) is 3.58. The Hall–Kier alpha value is -0.800. The van der Waals surface area contributed by atoms with E-state index >= 15 is 0 Å². The molecular weight excluding hydrogens is 190 g/mol. The van der Waals surface area contributed by atoms with Crippen LogP contribution in [0.1, 0.15) is 23.9 Å². The molecule has 1 saturated carbocycles. The number of hydrogen-bond donors (Lipinski definition) is 1. The number of aryl methyl sites for hydroxylation is 1. The summed E-state index contributed by atoms with van der Waals surface area (Å²) in [6.45, 7) is 4.81. The van der Waals surface area contributed by atoms with Crippen molar-refractivity contribution in [1.82, 2.24) is 5.32 Å². The molecule has 2 atom stereocenters. The second-order valence-electron chi connectivity index (χ2n) is 4.25. The van der Waals surface area contributed by atoms with Crippen molar-refractivity contribution in [3.05, 3.63) is 23.7 Å². The molecule has 84 valence electrons. The minimum Gasteiger partial charge on any atom is -0.466 e. The van der Waals surface area contributed by atoms with Gasteiger partial charge in [0, 0.05) is 19.6 Å². The molecule has 0 bridgehead atoms.